The van der Waals surface area contributed by atoms with Crippen molar-refractivity contribution >= 4 is 15.9 Å². The van der Waals surface area contributed by atoms with Crippen LogP contribution in [0.25, 0.3) is 44.9 Å². The Labute approximate surface area is 206 Å². The fourth-order valence-electron chi connectivity index (χ4n) is 4.74. The molecule has 34 heavy (non-hydrogen) atoms. The van der Waals surface area contributed by atoms with Gasteiger partial charge in [0, 0.05) is 27.4 Å². The number of fused-ring (bicyclic) bond motifs is 3. The van der Waals surface area contributed by atoms with Gasteiger partial charge in [-0.3, -0.25) is 4.98 Å². The second-order valence-electron chi connectivity index (χ2n) is 8.49. The van der Waals surface area contributed by atoms with Crippen molar-refractivity contribution in [2.75, 3.05) is 0 Å². The quantitative estimate of drug-likeness (QED) is 0.273. The largest absolute Gasteiger partial charge is 0.507 e. The van der Waals surface area contributed by atoms with Gasteiger partial charge in [0.15, 0.2) is 0 Å². The van der Waals surface area contributed by atoms with E-state index in [2.05, 4.69) is 63.4 Å². The van der Waals surface area contributed by atoms with Crippen molar-refractivity contribution in [2.45, 2.75) is 12.8 Å². The van der Waals surface area contributed by atoms with Gasteiger partial charge >= 0.3 is 0 Å². The van der Waals surface area contributed by atoms with Crippen LogP contribution in [0.4, 0.5) is 0 Å². The summed E-state index contributed by atoms with van der Waals surface area (Å²) in [5, 5.41) is 10.4. The van der Waals surface area contributed by atoms with Gasteiger partial charge < -0.3 is 5.11 Å². The van der Waals surface area contributed by atoms with E-state index >= 15 is 0 Å². The van der Waals surface area contributed by atoms with E-state index in [9.17, 15) is 5.11 Å². The van der Waals surface area contributed by atoms with Crippen LogP contribution in [0.1, 0.15) is 11.1 Å². The number of phenolic OH excluding ortho intramolecular Hbond substituents is 1. The molecule has 0 spiro atoms. The number of hydrogen-bond acceptors (Lipinski definition) is 3. The number of phenols is 1. The van der Waals surface area contributed by atoms with Gasteiger partial charge in [0.2, 0.25) is 0 Å². The first-order valence-corrected chi connectivity index (χ1v) is 12.1. The topological polar surface area (TPSA) is 46.0 Å². The summed E-state index contributed by atoms with van der Waals surface area (Å²) < 4.78 is 1.06. The van der Waals surface area contributed by atoms with Crippen LogP contribution >= 0.6 is 15.9 Å². The van der Waals surface area contributed by atoms with Gasteiger partial charge in [-0.25, -0.2) is 4.98 Å². The molecule has 0 saturated heterocycles. The normalized spacial score (nSPS) is 12.1. The van der Waals surface area contributed by atoms with E-state index in [1.165, 1.54) is 22.3 Å². The highest BCUT2D eigenvalue weighted by molar-refractivity contribution is 9.10. The van der Waals surface area contributed by atoms with E-state index in [0.29, 0.717) is 0 Å². The molecule has 0 atom stereocenters. The molecular formula is C30H21BrN2O. The second kappa shape index (κ2) is 8.54. The molecule has 0 unspecified atom stereocenters. The molecule has 6 rings (SSSR count). The van der Waals surface area contributed by atoms with E-state index in [1.807, 2.05) is 48.7 Å². The van der Waals surface area contributed by atoms with E-state index in [0.717, 1.165) is 51.1 Å². The smallest absolute Gasteiger partial charge is 0.124 e. The van der Waals surface area contributed by atoms with Gasteiger partial charge in [-0.05, 0) is 89.7 Å². The van der Waals surface area contributed by atoms with Crippen molar-refractivity contribution in [3.05, 3.63) is 113 Å². The minimum Gasteiger partial charge on any atom is -0.507 e. The monoisotopic (exact) mass is 504 g/mol. The van der Waals surface area contributed by atoms with E-state index in [1.54, 1.807) is 6.07 Å². The van der Waals surface area contributed by atoms with Crippen LogP contribution < -0.4 is 0 Å². The van der Waals surface area contributed by atoms with Gasteiger partial charge in [-0.2, -0.15) is 0 Å². The van der Waals surface area contributed by atoms with Crippen molar-refractivity contribution in [1.82, 2.24) is 9.97 Å². The lowest BCUT2D eigenvalue weighted by atomic mass is 9.82. The van der Waals surface area contributed by atoms with Gasteiger partial charge in [0.05, 0.1) is 17.1 Å². The molecule has 0 radical (unpaired) electrons. The number of pyridine rings is 2. The lowest BCUT2D eigenvalue weighted by Gasteiger charge is -2.24. The Morgan fingerprint density at radius 3 is 2.26 bits per heavy atom. The fraction of sp³-hybridized carbons (Fsp3) is 0.0667. The first-order valence-electron chi connectivity index (χ1n) is 11.3. The van der Waals surface area contributed by atoms with Crippen LogP contribution in [-0.2, 0) is 12.8 Å². The zero-order valence-corrected chi connectivity index (χ0v) is 20.0. The maximum Gasteiger partial charge on any atom is 0.124 e. The summed E-state index contributed by atoms with van der Waals surface area (Å²) >= 11 is 3.56. The molecule has 1 aliphatic carbocycles. The van der Waals surface area contributed by atoms with Gasteiger partial charge in [-0.1, -0.05) is 52.3 Å². The summed E-state index contributed by atoms with van der Waals surface area (Å²) in [5.74, 6) is 0.240. The predicted molar refractivity (Wildman–Crippen MR) is 141 cm³/mol. The highest BCUT2D eigenvalue weighted by atomic mass is 79.9. The highest BCUT2D eigenvalue weighted by Gasteiger charge is 2.23. The molecule has 0 fully saturated rings. The zero-order valence-electron chi connectivity index (χ0n) is 18.4. The average Bonchev–Trinajstić information content (AvgIpc) is 2.89. The molecule has 3 aromatic carbocycles. The number of benzene rings is 3. The number of aromatic hydroxyl groups is 1. The number of halogens is 1. The summed E-state index contributed by atoms with van der Waals surface area (Å²) in [6, 6.07) is 30.5. The Bertz CT molecular complexity index is 1510. The molecule has 0 saturated carbocycles. The number of hydrogen-bond donors (Lipinski definition) is 1. The summed E-state index contributed by atoms with van der Waals surface area (Å²) in [5.41, 5.74) is 10.6. The molecule has 5 aromatic rings. The van der Waals surface area contributed by atoms with Crippen LogP contribution in [0.5, 0.6) is 5.75 Å². The number of nitrogens with zero attached hydrogens (tertiary/aromatic N) is 2. The number of para-hydroxylation sites is 1. The average molecular weight is 505 g/mol. The third kappa shape index (κ3) is 3.70. The van der Waals surface area contributed by atoms with Crippen LogP contribution in [0.3, 0.4) is 0 Å². The van der Waals surface area contributed by atoms with Crippen molar-refractivity contribution in [1.29, 1.82) is 0 Å². The molecule has 3 nitrogen and oxygen atoms in total. The van der Waals surface area contributed by atoms with E-state index in [4.69, 9.17) is 4.98 Å². The summed E-state index contributed by atoms with van der Waals surface area (Å²) in [6.45, 7) is 0. The van der Waals surface area contributed by atoms with Crippen LogP contribution in [0.2, 0.25) is 0 Å². The molecule has 2 aromatic heterocycles. The summed E-state index contributed by atoms with van der Waals surface area (Å²) in [4.78, 5) is 9.70. The fourth-order valence-corrected chi connectivity index (χ4v) is 5.01. The Morgan fingerprint density at radius 1 is 0.676 bits per heavy atom. The van der Waals surface area contributed by atoms with Crippen LogP contribution in [0, 0.1) is 0 Å². The Balaban J connectivity index is 1.60. The molecule has 0 amide bonds. The minimum absolute atomic E-state index is 0.240. The lowest BCUT2D eigenvalue weighted by Crippen LogP contribution is -2.08. The van der Waals surface area contributed by atoms with E-state index in [-0.39, 0.29) is 5.75 Å². The Hall–Kier alpha value is -3.76. The van der Waals surface area contributed by atoms with Crippen LogP contribution in [-0.4, -0.2) is 15.1 Å². The maximum absolute atomic E-state index is 10.4. The molecule has 4 heteroatoms. The lowest BCUT2D eigenvalue weighted by molar-refractivity contribution is 0.477. The summed E-state index contributed by atoms with van der Waals surface area (Å²) in [7, 11) is 0. The highest BCUT2D eigenvalue weighted by Crippen LogP contribution is 2.42. The first-order chi connectivity index (χ1) is 16.7. The number of aryl methyl sites for hydroxylation is 1. The molecule has 164 valence electrons. The zero-order chi connectivity index (χ0) is 23.1. The van der Waals surface area contributed by atoms with Crippen molar-refractivity contribution < 1.29 is 5.11 Å². The third-order valence-electron chi connectivity index (χ3n) is 6.42. The molecule has 2 heterocycles. The molecule has 1 aliphatic rings. The maximum atomic E-state index is 10.4. The number of aromatic nitrogens is 2. The second-order valence-corrected chi connectivity index (χ2v) is 9.41. The van der Waals surface area contributed by atoms with E-state index < -0.39 is 0 Å². The van der Waals surface area contributed by atoms with Crippen molar-refractivity contribution in [3.63, 3.8) is 0 Å². The Kier molecular flexibility index (Phi) is 5.23. The van der Waals surface area contributed by atoms with Crippen molar-refractivity contribution in [3.8, 4) is 50.6 Å². The minimum atomic E-state index is 0.240. The van der Waals surface area contributed by atoms with Gasteiger partial charge in [-0.15, -0.1) is 0 Å². The van der Waals surface area contributed by atoms with Crippen LogP contribution in [0.15, 0.2) is 102 Å². The van der Waals surface area contributed by atoms with Gasteiger partial charge in [0.1, 0.15) is 5.75 Å². The third-order valence-corrected chi connectivity index (χ3v) is 6.95. The molecule has 1 N–H and O–H groups in total. The number of rotatable bonds is 3. The molecule has 0 bridgehead atoms. The standard InChI is InChI=1S/C30H21BrN2O/c31-22-12-8-19(9-13-22)25-17-21(27-6-3-4-16-32-27)18-26-23(25)14-10-20-11-15-28(33-30(20)26)24-5-1-2-7-29(24)34/h1-9,11-13,15-18,34H,10,14H2. The Morgan fingerprint density at radius 2 is 1.47 bits per heavy atom. The SMILES string of the molecule is Oc1ccccc1-c1ccc2c(n1)-c1cc(-c3ccccn3)cc(-c3ccc(Br)cc3)c1CC2. The summed E-state index contributed by atoms with van der Waals surface area (Å²) in [6.07, 6.45) is 3.72. The van der Waals surface area contributed by atoms with Gasteiger partial charge in [0.25, 0.3) is 0 Å². The predicted octanol–water partition coefficient (Wildman–Crippen LogP) is 7.71. The van der Waals surface area contributed by atoms with Crippen molar-refractivity contribution in [2.24, 2.45) is 0 Å². The molecule has 0 aliphatic heterocycles. The first kappa shape index (κ1) is 20.8. The molecular weight excluding hydrogens is 484 g/mol.